The summed E-state index contributed by atoms with van der Waals surface area (Å²) < 4.78 is 48.2. The van der Waals surface area contributed by atoms with Gasteiger partial charge in [0.25, 0.3) is 0 Å². The molecule has 3 nitrogen and oxygen atoms in total. The molecule has 0 aromatic rings. The molecule has 0 radical (unpaired) electrons. The second-order valence-electron chi connectivity index (χ2n) is 3.95. The molecule has 16 heavy (non-hydrogen) atoms. The Kier molecular flexibility index (Phi) is 6.94. The van der Waals surface area contributed by atoms with Crippen LogP contribution >= 0.6 is 7.60 Å². The molecule has 0 saturated carbocycles. The van der Waals surface area contributed by atoms with Crippen molar-refractivity contribution in [3.63, 3.8) is 0 Å². The Labute approximate surface area is 97.4 Å². The first-order chi connectivity index (χ1) is 7.27. The monoisotopic (exact) mass is 274 g/mol. The van der Waals surface area contributed by atoms with Crippen LogP contribution in [0.5, 0.6) is 0 Å². The first-order valence-corrected chi connectivity index (χ1v) is 9.21. The van der Waals surface area contributed by atoms with Crippen molar-refractivity contribution >= 4 is 16.3 Å². The van der Waals surface area contributed by atoms with Crippen LogP contribution in [0, 0.1) is 0 Å². The van der Waals surface area contributed by atoms with Gasteiger partial charge in [0.2, 0.25) is 0 Å². The Balaban J connectivity index is 4.10. The van der Waals surface area contributed by atoms with Gasteiger partial charge in [0.15, 0.2) is 0 Å². The van der Waals surface area contributed by atoms with Crippen LogP contribution in [-0.2, 0) is 13.6 Å². The summed E-state index contributed by atoms with van der Waals surface area (Å²) in [5.74, 6) is 0. The van der Waals surface area contributed by atoms with Crippen LogP contribution in [0.1, 0.15) is 27.2 Å². The molecule has 0 spiro atoms. The molecule has 0 heterocycles. The van der Waals surface area contributed by atoms with Gasteiger partial charge in [-0.3, -0.25) is 12.8 Å². The van der Waals surface area contributed by atoms with E-state index in [0.717, 1.165) is 0 Å². The summed E-state index contributed by atoms with van der Waals surface area (Å²) in [7, 11) is -5.99. The summed E-state index contributed by atoms with van der Waals surface area (Å²) in [5.41, 5.74) is -0.568. The lowest BCUT2D eigenvalue weighted by atomic mass is 10.5. The standard InChI is InChI=1S/C9H21F2O3PSi/c1-5-14-15(12,13-4)7-6-8-16(10,11)9(2)3/h9H,5-8H2,1-4H3. The Hall–Kier alpha value is 0.227. The molecule has 0 saturated heterocycles. The molecule has 0 N–H and O–H groups in total. The van der Waals surface area contributed by atoms with Gasteiger partial charge in [-0.25, -0.2) is 0 Å². The zero-order chi connectivity index (χ0) is 12.8. The van der Waals surface area contributed by atoms with Crippen molar-refractivity contribution in [3.8, 4) is 0 Å². The highest BCUT2D eigenvalue weighted by Crippen LogP contribution is 2.48. The van der Waals surface area contributed by atoms with Crippen LogP contribution in [0.15, 0.2) is 0 Å². The molecular weight excluding hydrogens is 253 g/mol. The largest absolute Gasteiger partial charge is 0.427 e. The SMILES string of the molecule is CCOP(=O)(CCC[Si](F)(F)C(C)C)OC. The number of hydrogen-bond acceptors (Lipinski definition) is 3. The van der Waals surface area contributed by atoms with Gasteiger partial charge in [-0.15, -0.1) is 0 Å². The van der Waals surface area contributed by atoms with Gasteiger partial charge in [-0.05, 0) is 19.4 Å². The molecule has 1 unspecified atom stereocenters. The lowest BCUT2D eigenvalue weighted by Crippen LogP contribution is -2.26. The minimum absolute atomic E-state index is 0.0760. The minimum atomic E-state index is -4.15. The normalized spacial score (nSPS) is 16.4. The Morgan fingerprint density at radius 3 is 2.31 bits per heavy atom. The van der Waals surface area contributed by atoms with Gasteiger partial charge >= 0.3 is 16.3 Å². The van der Waals surface area contributed by atoms with Gasteiger partial charge in [0.1, 0.15) is 0 Å². The van der Waals surface area contributed by atoms with Crippen molar-refractivity contribution in [2.75, 3.05) is 19.9 Å². The van der Waals surface area contributed by atoms with Gasteiger partial charge in [-0.2, -0.15) is 0 Å². The molecule has 0 aliphatic carbocycles. The summed E-state index contributed by atoms with van der Waals surface area (Å²) in [6.45, 7) is 5.03. The van der Waals surface area contributed by atoms with Crippen LogP contribution in [0.25, 0.3) is 0 Å². The van der Waals surface area contributed by atoms with Crippen molar-refractivity contribution in [1.29, 1.82) is 0 Å². The van der Waals surface area contributed by atoms with E-state index in [1.54, 1.807) is 6.92 Å². The first-order valence-electron chi connectivity index (χ1n) is 5.44. The molecule has 0 bridgehead atoms. The molecule has 0 aromatic heterocycles. The maximum atomic E-state index is 13.4. The Morgan fingerprint density at radius 1 is 1.38 bits per heavy atom. The number of rotatable bonds is 8. The predicted molar refractivity (Wildman–Crippen MR) is 63.6 cm³/mol. The highest BCUT2D eigenvalue weighted by Gasteiger charge is 2.39. The van der Waals surface area contributed by atoms with E-state index in [2.05, 4.69) is 0 Å². The van der Waals surface area contributed by atoms with E-state index in [-0.39, 0.29) is 25.2 Å². The lowest BCUT2D eigenvalue weighted by Gasteiger charge is -2.19. The fraction of sp³-hybridized carbons (Fsp3) is 1.00. The highest BCUT2D eigenvalue weighted by molar-refractivity contribution is 7.53. The molecule has 0 amide bonds. The zero-order valence-electron chi connectivity index (χ0n) is 10.3. The van der Waals surface area contributed by atoms with Crippen LogP contribution in [0.3, 0.4) is 0 Å². The molecule has 0 aliphatic heterocycles. The van der Waals surface area contributed by atoms with Crippen molar-refractivity contribution < 1.29 is 21.8 Å². The molecule has 98 valence electrons. The predicted octanol–water partition coefficient (Wildman–Crippen LogP) is 4.04. The Morgan fingerprint density at radius 2 is 1.94 bits per heavy atom. The first kappa shape index (κ1) is 16.2. The van der Waals surface area contributed by atoms with Crippen LogP contribution < -0.4 is 0 Å². The molecule has 0 aromatic carbocycles. The second-order valence-corrected chi connectivity index (χ2v) is 9.42. The quantitative estimate of drug-likeness (QED) is 0.380. The van der Waals surface area contributed by atoms with E-state index < -0.39 is 21.9 Å². The Bertz CT molecular complexity index is 249. The third-order valence-corrected chi connectivity index (χ3v) is 7.17. The second kappa shape index (κ2) is 6.84. The maximum Gasteiger partial charge on any atom is 0.427 e. The van der Waals surface area contributed by atoms with E-state index >= 15 is 0 Å². The van der Waals surface area contributed by atoms with Crippen molar-refractivity contribution in [2.45, 2.75) is 38.8 Å². The molecule has 0 rings (SSSR count). The molecule has 1 atom stereocenters. The maximum absolute atomic E-state index is 13.4. The summed E-state index contributed by atoms with van der Waals surface area (Å²) in [6.07, 6.45) is 0.273. The van der Waals surface area contributed by atoms with E-state index in [1.165, 1.54) is 21.0 Å². The van der Waals surface area contributed by atoms with Crippen LogP contribution in [0.2, 0.25) is 11.6 Å². The van der Waals surface area contributed by atoms with Gasteiger partial charge in [0, 0.05) is 12.7 Å². The van der Waals surface area contributed by atoms with Gasteiger partial charge < -0.3 is 9.05 Å². The molecular formula is C9H21F2O3PSi. The summed E-state index contributed by atoms with van der Waals surface area (Å²) in [5, 5.41) is 0. The van der Waals surface area contributed by atoms with E-state index in [4.69, 9.17) is 9.05 Å². The van der Waals surface area contributed by atoms with E-state index in [0.29, 0.717) is 0 Å². The lowest BCUT2D eigenvalue weighted by molar-refractivity contribution is 0.244. The molecule has 0 aliphatic rings. The van der Waals surface area contributed by atoms with Crippen molar-refractivity contribution in [2.24, 2.45) is 0 Å². The van der Waals surface area contributed by atoms with Crippen molar-refractivity contribution in [3.05, 3.63) is 0 Å². The summed E-state index contributed by atoms with van der Waals surface area (Å²) in [6, 6.07) is -0.148. The van der Waals surface area contributed by atoms with E-state index in [1.807, 2.05) is 0 Å². The molecule has 7 heteroatoms. The molecule has 0 fully saturated rings. The van der Waals surface area contributed by atoms with Crippen LogP contribution in [-0.4, -0.2) is 28.6 Å². The smallest absolute Gasteiger partial charge is 0.312 e. The fourth-order valence-electron chi connectivity index (χ4n) is 1.20. The number of hydrogen-bond donors (Lipinski definition) is 0. The topological polar surface area (TPSA) is 35.5 Å². The summed E-state index contributed by atoms with van der Waals surface area (Å²) in [4.78, 5) is 0. The third kappa shape index (κ3) is 5.52. The van der Waals surface area contributed by atoms with Crippen LogP contribution in [0.4, 0.5) is 8.22 Å². The average molecular weight is 274 g/mol. The summed E-state index contributed by atoms with van der Waals surface area (Å²) >= 11 is 0. The van der Waals surface area contributed by atoms with Crippen molar-refractivity contribution in [1.82, 2.24) is 0 Å². The van der Waals surface area contributed by atoms with E-state index in [9.17, 15) is 12.8 Å². The number of halogens is 2. The fourth-order valence-corrected chi connectivity index (χ4v) is 4.08. The van der Waals surface area contributed by atoms with Gasteiger partial charge in [0.05, 0.1) is 12.8 Å². The zero-order valence-corrected chi connectivity index (χ0v) is 12.2. The third-order valence-electron chi connectivity index (χ3n) is 2.39. The average Bonchev–Trinajstić information content (AvgIpc) is 2.17. The minimum Gasteiger partial charge on any atom is -0.312 e. The highest BCUT2D eigenvalue weighted by atomic mass is 31.2. The van der Waals surface area contributed by atoms with Gasteiger partial charge in [-0.1, -0.05) is 13.8 Å².